The molecule has 0 fully saturated rings. The number of nitrogens with zero attached hydrogens (tertiary/aromatic N) is 3. The van der Waals surface area contributed by atoms with Crippen LogP contribution in [-0.2, 0) is 13.1 Å². The Morgan fingerprint density at radius 2 is 1.55 bits per heavy atom. The van der Waals surface area contributed by atoms with Crippen LogP contribution in [0.4, 0.5) is 0 Å². The standard InChI is InChI=1S/C27H17N3O2Te/c31-25-17-5-1-2-6-18(17)26(32)19(25)12-15-9-10-16(11-15)30-13-20-23(14-30)33-27-24(20)28-21-7-3-4-8-22(21)29-27/h1-10,12H,11,13-14H2. The molecule has 0 N–H and O–H groups in total. The van der Waals surface area contributed by atoms with Crippen LogP contribution in [0.1, 0.15) is 36.3 Å². The van der Waals surface area contributed by atoms with Crippen molar-refractivity contribution in [1.82, 2.24) is 14.9 Å². The third-order valence-electron chi connectivity index (χ3n) is 6.58. The van der Waals surface area contributed by atoms with Crippen LogP contribution in [0.25, 0.3) is 20.1 Å². The van der Waals surface area contributed by atoms with Gasteiger partial charge in [0, 0.05) is 0 Å². The second kappa shape index (κ2) is 7.08. The average Bonchev–Trinajstić information content (AvgIpc) is 3.58. The summed E-state index contributed by atoms with van der Waals surface area (Å²) >= 11 is -0.490. The minimum atomic E-state index is -0.490. The number of allylic oxidation sites excluding steroid dienone is 5. The Bertz CT molecular complexity index is 1600. The van der Waals surface area contributed by atoms with Gasteiger partial charge in [-0.3, -0.25) is 0 Å². The van der Waals surface area contributed by atoms with E-state index < -0.39 is 20.4 Å². The fourth-order valence-corrected chi connectivity index (χ4v) is 8.19. The molecule has 4 aromatic rings. The van der Waals surface area contributed by atoms with E-state index in [-0.39, 0.29) is 17.1 Å². The van der Waals surface area contributed by atoms with Gasteiger partial charge in [0.05, 0.1) is 0 Å². The van der Waals surface area contributed by atoms with Crippen molar-refractivity contribution in [2.45, 2.75) is 19.5 Å². The van der Waals surface area contributed by atoms with Crippen molar-refractivity contribution in [3.63, 3.8) is 0 Å². The van der Waals surface area contributed by atoms with Gasteiger partial charge in [-0.15, -0.1) is 0 Å². The summed E-state index contributed by atoms with van der Waals surface area (Å²) in [4.78, 5) is 37.7. The van der Waals surface area contributed by atoms with Gasteiger partial charge in [0.25, 0.3) is 0 Å². The summed E-state index contributed by atoms with van der Waals surface area (Å²) in [6.07, 6.45) is 6.68. The first-order valence-electron chi connectivity index (χ1n) is 10.9. The van der Waals surface area contributed by atoms with E-state index in [1.807, 2.05) is 30.3 Å². The van der Waals surface area contributed by atoms with Crippen molar-refractivity contribution in [1.29, 1.82) is 0 Å². The van der Waals surface area contributed by atoms with Gasteiger partial charge >= 0.3 is 200 Å². The zero-order valence-electron chi connectivity index (χ0n) is 17.5. The summed E-state index contributed by atoms with van der Waals surface area (Å²) in [5.41, 5.74) is 7.94. The van der Waals surface area contributed by atoms with E-state index in [0.717, 1.165) is 41.6 Å². The molecule has 0 atom stereocenters. The van der Waals surface area contributed by atoms with E-state index in [9.17, 15) is 9.59 Å². The SMILES string of the molecule is O=C1C(=CC2=CC=C(N3Cc4[te]c5nc6ccccc6nc5c4C3)C2)C(=O)c2ccccc21. The molecule has 0 unspecified atom stereocenters. The zero-order valence-corrected chi connectivity index (χ0v) is 19.9. The van der Waals surface area contributed by atoms with Crippen LogP contribution in [0.3, 0.4) is 0 Å². The third-order valence-corrected chi connectivity index (χ3v) is 9.72. The second-order valence-electron chi connectivity index (χ2n) is 8.56. The van der Waals surface area contributed by atoms with E-state index in [1.165, 1.54) is 18.4 Å². The summed E-state index contributed by atoms with van der Waals surface area (Å²) in [5.74, 6) is -0.334. The third kappa shape index (κ3) is 2.91. The molecule has 0 saturated carbocycles. The number of benzene rings is 2. The van der Waals surface area contributed by atoms with Crippen LogP contribution in [0, 0.1) is 0 Å². The molecule has 2 aliphatic carbocycles. The van der Waals surface area contributed by atoms with E-state index >= 15 is 0 Å². The van der Waals surface area contributed by atoms with Crippen LogP contribution < -0.4 is 0 Å². The monoisotopic (exact) mass is 545 g/mol. The predicted octanol–water partition coefficient (Wildman–Crippen LogP) is 4.38. The maximum atomic E-state index is 12.7. The number of hydrogen-bond acceptors (Lipinski definition) is 5. The number of Topliss-reactive ketones (excluding diaryl/α,β-unsaturated/α-hetero) is 2. The van der Waals surface area contributed by atoms with E-state index in [1.54, 1.807) is 30.3 Å². The normalized spacial score (nSPS) is 17.1. The molecule has 33 heavy (non-hydrogen) atoms. The number of rotatable bonds is 2. The van der Waals surface area contributed by atoms with Gasteiger partial charge in [0.1, 0.15) is 0 Å². The fourth-order valence-electron chi connectivity index (χ4n) is 4.91. The Morgan fingerprint density at radius 1 is 0.848 bits per heavy atom. The number of carbonyl (C=O) groups excluding carboxylic acids is 2. The maximum absolute atomic E-state index is 12.7. The summed E-state index contributed by atoms with van der Waals surface area (Å²) in [7, 11) is 0. The number of hydrogen-bond donors (Lipinski definition) is 0. The van der Waals surface area contributed by atoms with Gasteiger partial charge in [0.2, 0.25) is 0 Å². The molecule has 2 aromatic carbocycles. The molecule has 0 saturated heterocycles. The summed E-state index contributed by atoms with van der Waals surface area (Å²) in [6.45, 7) is 1.78. The molecule has 5 nitrogen and oxygen atoms in total. The number of fused-ring (bicyclic) bond motifs is 5. The fraction of sp³-hybridized carbons (Fsp3) is 0.111. The summed E-state index contributed by atoms with van der Waals surface area (Å²) in [5, 5.41) is 0. The van der Waals surface area contributed by atoms with Gasteiger partial charge in [-0.1, -0.05) is 0 Å². The molecule has 0 bridgehead atoms. The molecule has 0 amide bonds. The second-order valence-corrected chi connectivity index (χ2v) is 11.7. The predicted molar refractivity (Wildman–Crippen MR) is 127 cm³/mol. The molecule has 1 aliphatic heterocycles. The number of ketones is 2. The number of aromatic nitrogens is 2. The van der Waals surface area contributed by atoms with E-state index in [2.05, 4.69) is 11.0 Å². The molecule has 3 heterocycles. The van der Waals surface area contributed by atoms with Crippen molar-refractivity contribution < 1.29 is 9.59 Å². The summed E-state index contributed by atoms with van der Waals surface area (Å²) < 4.78 is 2.74. The Hall–Kier alpha value is -3.33. The van der Waals surface area contributed by atoms with Gasteiger partial charge in [0.15, 0.2) is 0 Å². The van der Waals surface area contributed by atoms with Crippen molar-refractivity contribution in [3.05, 3.63) is 104 Å². The van der Waals surface area contributed by atoms with Crippen molar-refractivity contribution in [2.24, 2.45) is 0 Å². The number of para-hydroxylation sites is 2. The van der Waals surface area contributed by atoms with Gasteiger partial charge in [-0.2, -0.15) is 0 Å². The van der Waals surface area contributed by atoms with E-state index in [4.69, 9.17) is 9.97 Å². The first-order valence-corrected chi connectivity index (χ1v) is 13.2. The quantitative estimate of drug-likeness (QED) is 0.214. The molecular formula is C27H17N3O2Te. The van der Waals surface area contributed by atoms with Crippen molar-refractivity contribution in [3.8, 4) is 0 Å². The molecule has 0 radical (unpaired) electrons. The van der Waals surface area contributed by atoms with Gasteiger partial charge < -0.3 is 0 Å². The topological polar surface area (TPSA) is 63.2 Å². The summed E-state index contributed by atoms with van der Waals surface area (Å²) in [6, 6.07) is 15.2. The molecule has 158 valence electrons. The molecular weight excluding hydrogens is 526 g/mol. The van der Waals surface area contributed by atoms with Gasteiger partial charge in [-0.25, -0.2) is 0 Å². The average molecular weight is 543 g/mol. The van der Waals surface area contributed by atoms with Crippen molar-refractivity contribution >= 4 is 52.1 Å². The Morgan fingerprint density at radius 3 is 2.30 bits per heavy atom. The first-order chi connectivity index (χ1) is 16.2. The minimum absolute atomic E-state index is 0.167. The first kappa shape index (κ1) is 19.2. The Labute approximate surface area is 199 Å². The molecule has 0 spiro atoms. The van der Waals surface area contributed by atoms with Crippen LogP contribution in [0.2, 0.25) is 0 Å². The van der Waals surface area contributed by atoms with Crippen LogP contribution in [0.15, 0.2) is 83.6 Å². The molecule has 2 aromatic heterocycles. The van der Waals surface area contributed by atoms with Gasteiger partial charge in [-0.05, 0) is 0 Å². The van der Waals surface area contributed by atoms with E-state index in [0.29, 0.717) is 11.1 Å². The number of carbonyl (C=O) groups is 2. The van der Waals surface area contributed by atoms with Crippen LogP contribution in [0.5, 0.6) is 0 Å². The Kier molecular flexibility index (Phi) is 4.11. The molecule has 3 aliphatic rings. The van der Waals surface area contributed by atoms with Crippen LogP contribution in [-0.4, -0.2) is 46.9 Å². The molecule has 7 rings (SSSR count). The van der Waals surface area contributed by atoms with Crippen LogP contribution >= 0.6 is 0 Å². The molecule has 6 heteroatoms. The van der Waals surface area contributed by atoms with Crippen molar-refractivity contribution in [2.75, 3.05) is 0 Å². The Balaban J connectivity index is 1.12. The zero-order chi connectivity index (χ0) is 22.1.